The topological polar surface area (TPSA) is 21.3 Å². The van der Waals surface area contributed by atoms with Crippen LogP contribution in [0.2, 0.25) is 0 Å². The normalized spacial score (nSPS) is 11.9. The largest absolute Gasteiger partial charge is 0.456 e. The minimum Gasteiger partial charge on any atom is -0.456 e. The quantitative estimate of drug-likeness (QED) is 0.176. The molecule has 3 heterocycles. The molecule has 0 saturated carbocycles. The second-order valence-corrected chi connectivity index (χ2v) is 15.6. The zero-order chi connectivity index (χ0) is 36.7. The van der Waals surface area contributed by atoms with Crippen LogP contribution in [0.5, 0.6) is 0 Å². The Bertz CT molecular complexity index is 3480. The van der Waals surface area contributed by atoms with Gasteiger partial charge in [0.2, 0.25) is 0 Å². The minimum absolute atomic E-state index is 0.891. The zero-order valence-corrected chi connectivity index (χ0v) is 31.0. The summed E-state index contributed by atoms with van der Waals surface area (Å²) in [7, 11) is 0. The van der Waals surface area contributed by atoms with E-state index in [4.69, 9.17) is 4.42 Å². The maximum atomic E-state index is 6.20. The molecule has 0 saturated heterocycles. The van der Waals surface area contributed by atoms with Crippen LogP contribution in [0.25, 0.3) is 91.5 Å². The fraction of sp³-hybridized carbons (Fsp3) is 0. The molecule has 0 aliphatic heterocycles. The van der Waals surface area contributed by atoms with E-state index in [0.29, 0.717) is 0 Å². The van der Waals surface area contributed by atoms with E-state index in [1.165, 1.54) is 63.9 Å². The third-order valence-corrected chi connectivity index (χ3v) is 12.6. The van der Waals surface area contributed by atoms with E-state index < -0.39 is 0 Å². The number of furan rings is 1. The van der Waals surface area contributed by atoms with Gasteiger partial charge in [-0.05, 0) is 101 Å². The molecule has 3 nitrogen and oxygen atoms in total. The number of rotatable bonds is 5. The first-order valence-electron chi connectivity index (χ1n) is 19.0. The van der Waals surface area contributed by atoms with Crippen LogP contribution in [0, 0.1) is 0 Å². The van der Waals surface area contributed by atoms with E-state index in [0.717, 1.165) is 44.7 Å². The number of hydrogen-bond acceptors (Lipinski definition) is 3. The van der Waals surface area contributed by atoms with Gasteiger partial charge in [-0.25, -0.2) is 0 Å². The Morgan fingerprint density at radius 1 is 0.411 bits per heavy atom. The second kappa shape index (κ2) is 12.2. The number of benzene rings is 9. The van der Waals surface area contributed by atoms with E-state index in [2.05, 4.69) is 191 Å². The average Bonchev–Trinajstić information content (AvgIpc) is 3.92. The van der Waals surface area contributed by atoms with Gasteiger partial charge in [0.05, 0.1) is 11.0 Å². The van der Waals surface area contributed by atoms with Crippen molar-refractivity contribution in [3.8, 4) is 16.8 Å². The van der Waals surface area contributed by atoms with Crippen LogP contribution in [-0.2, 0) is 0 Å². The van der Waals surface area contributed by atoms with Gasteiger partial charge < -0.3 is 13.9 Å². The SMILES string of the molecule is c1ccc(N(c2ccc(-c3cc(-n4c5ccccc5c5cc6ccccc6cc54)cc4c3sc3ccccc34)cc2)c2ccc3oc4ccccc4c3c2)cc1. The van der Waals surface area contributed by atoms with Gasteiger partial charge in [-0.1, -0.05) is 109 Å². The van der Waals surface area contributed by atoms with E-state index in [1.807, 2.05) is 23.5 Å². The highest BCUT2D eigenvalue weighted by Crippen LogP contribution is 2.45. The van der Waals surface area contributed by atoms with Gasteiger partial charge in [0, 0.05) is 70.0 Å². The molecule has 0 spiro atoms. The highest BCUT2D eigenvalue weighted by Gasteiger charge is 2.20. The molecule has 262 valence electrons. The molecule has 9 aromatic carbocycles. The molecule has 0 bridgehead atoms. The van der Waals surface area contributed by atoms with Crippen LogP contribution < -0.4 is 4.90 Å². The standard InChI is InChI=1S/C52H32N2OS/c1-2-14-36(15-3-1)53(38-26-27-50-45(30-38)41-17-7-10-20-49(41)55-50)37-24-22-33(23-25-37)43-31-39(32-46-42-18-8-11-21-51(42)56-52(43)46)54-47-19-9-6-16-40(47)44-28-34-12-4-5-13-35(34)29-48(44)54/h1-32H. The Kier molecular flexibility index (Phi) is 6.80. The number of aromatic nitrogens is 1. The summed E-state index contributed by atoms with van der Waals surface area (Å²) >= 11 is 1.88. The Labute approximate surface area is 326 Å². The molecule has 56 heavy (non-hydrogen) atoms. The monoisotopic (exact) mass is 732 g/mol. The van der Waals surface area contributed by atoms with Gasteiger partial charge >= 0.3 is 0 Å². The Morgan fingerprint density at radius 2 is 1.07 bits per heavy atom. The lowest BCUT2D eigenvalue weighted by molar-refractivity contribution is 0.669. The Balaban J connectivity index is 1.06. The van der Waals surface area contributed by atoms with Crippen LogP contribution in [-0.4, -0.2) is 4.57 Å². The summed E-state index contributed by atoms with van der Waals surface area (Å²) in [6, 6.07) is 70.3. The molecule has 4 heteroatoms. The van der Waals surface area contributed by atoms with Crippen molar-refractivity contribution in [2.75, 3.05) is 4.90 Å². The summed E-state index contributed by atoms with van der Waals surface area (Å²) in [4.78, 5) is 2.33. The predicted molar refractivity (Wildman–Crippen MR) is 239 cm³/mol. The molecule has 3 aromatic heterocycles. The summed E-state index contributed by atoms with van der Waals surface area (Å²) in [6.45, 7) is 0. The van der Waals surface area contributed by atoms with Crippen molar-refractivity contribution < 1.29 is 4.42 Å². The maximum Gasteiger partial charge on any atom is 0.135 e. The summed E-state index contributed by atoms with van der Waals surface area (Å²) in [6.07, 6.45) is 0. The van der Waals surface area contributed by atoms with Crippen LogP contribution in [0.1, 0.15) is 0 Å². The fourth-order valence-corrected chi connectivity index (χ4v) is 9.98. The summed E-state index contributed by atoms with van der Waals surface area (Å²) in [5, 5.41) is 9.82. The summed E-state index contributed by atoms with van der Waals surface area (Å²) in [5.41, 5.74) is 11.1. The average molecular weight is 733 g/mol. The van der Waals surface area contributed by atoms with Crippen molar-refractivity contribution in [2.24, 2.45) is 0 Å². The van der Waals surface area contributed by atoms with Crippen molar-refractivity contribution in [1.29, 1.82) is 0 Å². The predicted octanol–water partition coefficient (Wildman–Crippen LogP) is 15.3. The molecule has 0 unspecified atom stereocenters. The molecular weight excluding hydrogens is 701 g/mol. The van der Waals surface area contributed by atoms with Crippen LogP contribution in [0.15, 0.2) is 199 Å². The molecule has 12 rings (SSSR count). The number of hydrogen-bond donors (Lipinski definition) is 0. The molecular formula is C52H32N2OS. The van der Waals surface area contributed by atoms with Crippen molar-refractivity contribution in [2.45, 2.75) is 0 Å². The summed E-state index contributed by atoms with van der Waals surface area (Å²) in [5.74, 6) is 0. The van der Waals surface area contributed by atoms with Crippen LogP contribution >= 0.6 is 11.3 Å². The fourth-order valence-electron chi connectivity index (χ4n) is 8.76. The van der Waals surface area contributed by atoms with E-state index >= 15 is 0 Å². The third kappa shape index (κ3) is 4.76. The lowest BCUT2D eigenvalue weighted by Gasteiger charge is -2.25. The number of anilines is 3. The second-order valence-electron chi connectivity index (χ2n) is 14.5. The lowest BCUT2D eigenvalue weighted by Crippen LogP contribution is -2.09. The Morgan fingerprint density at radius 3 is 1.93 bits per heavy atom. The van der Waals surface area contributed by atoms with Crippen molar-refractivity contribution in [3.05, 3.63) is 194 Å². The van der Waals surface area contributed by atoms with E-state index in [-0.39, 0.29) is 0 Å². The minimum atomic E-state index is 0.891. The molecule has 0 radical (unpaired) electrons. The molecule has 0 fully saturated rings. The summed E-state index contributed by atoms with van der Waals surface area (Å²) < 4.78 is 11.3. The first-order valence-corrected chi connectivity index (χ1v) is 19.8. The molecule has 0 amide bonds. The smallest absolute Gasteiger partial charge is 0.135 e. The van der Waals surface area contributed by atoms with Gasteiger partial charge in [-0.15, -0.1) is 11.3 Å². The zero-order valence-electron chi connectivity index (χ0n) is 30.2. The lowest BCUT2D eigenvalue weighted by atomic mass is 10.0. The molecule has 0 atom stereocenters. The van der Waals surface area contributed by atoms with Crippen molar-refractivity contribution in [1.82, 2.24) is 4.57 Å². The Hall–Kier alpha value is -7.14. The number of thiophene rings is 1. The van der Waals surface area contributed by atoms with Crippen molar-refractivity contribution in [3.63, 3.8) is 0 Å². The van der Waals surface area contributed by atoms with Gasteiger partial charge in [-0.3, -0.25) is 0 Å². The van der Waals surface area contributed by atoms with Gasteiger partial charge in [0.25, 0.3) is 0 Å². The van der Waals surface area contributed by atoms with Gasteiger partial charge in [-0.2, -0.15) is 0 Å². The van der Waals surface area contributed by atoms with Gasteiger partial charge in [0.1, 0.15) is 11.2 Å². The number of para-hydroxylation sites is 3. The van der Waals surface area contributed by atoms with E-state index in [9.17, 15) is 0 Å². The molecule has 0 aliphatic rings. The molecule has 0 N–H and O–H groups in total. The van der Waals surface area contributed by atoms with Crippen LogP contribution in [0.4, 0.5) is 17.1 Å². The van der Waals surface area contributed by atoms with Gasteiger partial charge in [0.15, 0.2) is 0 Å². The third-order valence-electron chi connectivity index (χ3n) is 11.3. The van der Waals surface area contributed by atoms with Crippen LogP contribution in [0.3, 0.4) is 0 Å². The molecule has 0 aliphatic carbocycles. The highest BCUT2D eigenvalue weighted by atomic mass is 32.1. The number of fused-ring (bicyclic) bond motifs is 10. The maximum absolute atomic E-state index is 6.20. The number of nitrogens with zero attached hydrogens (tertiary/aromatic N) is 2. The first kappa shape index (κ1) is 31.2. The molecule has 12 aromatic rings. The highest BCUT2D eigenvalue weighted by molar-refractivity contribution is 7.26. The van der Waals surface area contributed by atoms with Crippen molar-refractivity contribution >= 4 is 103 Å². The first-order chi connectivity index (χ1) is 27.7. The van der Waals surface area contributed by atoms with E-state index in [1.54, 1.807) is 0 Å².